The van der Waals surface area contributed by atoms with Crippen molar-refractivity contribution < 1.29 is 10.2 Å². The molecule has 0 unspecified atom stereocenters. The Morgan fingerprint density at radius 2 is 0.759 bits per heavy atom. The van der Waals surface area contributed by atoms with Crippen LogP contribution in [0.4, 0.5) is 0 Å². The molecule has 0 fully saturated rings. The standard InChI is InChI=1S/C27H24O2/c1-2-27(23-7-3-19(4-8-23)21-11-15-25(28)16-12-21)24-9-5-20(6-10-24)22-13-17-26(29)18-14-22/h3-18,27-29H,2H2,1H3. The fraction of sp³-hybridized carbons (Fsp3) is 0.111. The van der Waals surface area contributed by atoms with Crippen LogP contribution in [0.25, 0.3) is 22.3 Å². The summed E-state index contributed by atoms with van der Waals surface area (Å²) in [6.07, 6.45) is 1.02. The van der Waals surface area contributed by atoms with Gasteiger partial charge in [-0.05, 0) is 64.1 Å². The molecule has 0 amide bonds. The zero-order valence-corrected chi connectivity index (χ0v) is 16.4. The Morgan fingerprint density at radius 3 is 1.03 bits per heavy atom. The number of phenols is 2. The fourth-order valence-electron chi connectivity index (χ4n) is 3.79. The van der Waals surface area contributed by atoms with Gasteiger partial charge in [0, 0.05) is 5.92 Å². The molecule has 0 saturated heterocycles. The number of rotatable bonds is 5. The average molecular weight is 380 g/mol. The van der Waals surface area contributed by atoms with Crippen molar-refractivity contribution in [3.63, 3.8) is 0 Å². The third kappa shape index (κ3) is 4.17. The second-order valence-corrected chi connectivity index (χ2v) is 7.30. The molecule has 4 rings (SSSR count). The average Bonchev–Trinajstić information content (AvgIpc) is 2.76. The highest BCUT2D eigenvalue weighted by atomic mass is 16.3. The zero-order valence-electron chi connectivity index (χ0n) is 16.4. The van der Waals surface area contributed by atoms with E-state index in [1.54, 1.807) is 24.3 Å². The van der Waals surface area contributed by atoms with E-state index >= 15 is 0 Å². The van der Waals surface area contributed by atoms with Crippen LogP contribution in [0.1, 0.15) is 30.4 Å². The third-order valence-electron chi connectivity index (χ3n) is 5.44. The maximum absolute atomic E-state index is 9.47. The first-order valence-electron chi connectivity index (χ1n) is 9.93. The third-order valence-corrected chi connectivity index (χ3v) is 5.44. The number of hydrogen-bond donors (Lipinski definition) is 2. The van der Waals surface area contributed by atoms with E-state index in [1.165, 1.54) is 11.1 Å². The largest absolute Gasteiger partial charge is 0.508 e. The van der Waals surface area contributed by atoms with E-state index < -0.39 is 0 Å². The van der Waals surface area contributed by atoms with Crippen LogP contribution in [0, 0.1) is 0 Å². The Kier molecular flexibility index (Phi) is 5.35. The first-order valence-corrected chi connectivity index (χ1v) is 9.93. The minimum absolute atomic E-state index is 0.284. The van der Waals surface area contributed by atoms with Gasteiger partial charge in [-0.25, -0.2) is 0 Å². The van der Waals surface area contributed by atoms with Gasteiger partial charge in [0.05, 0.1) is 0 Å². The highest BCUT2D eigenvalue weighted by Crippen LogP contribution is 2.32. The molecular formula is C27H24O2. The maximum atomic E-state index is 9.47. The molecule has 144 valence electrons. The summed E-state index contributed by atoms with van der Waals surface area (Å²) in [6, 6.07) is 32.0. The monoisotopic (exact) mass is 380 g/mol. The highest BCUT2D eigenvalue weighted by Gasteiger charge is 2.12. The normalized spacial score (nSPS) is 11.0. The van der Waals surface area contributed by atoms with Gasteiger partial charge in [-0.15, -0.1) is 0 Å². The van der Waals surface area contributed by atoms with Crippen LogP contribution in [0.2, 0.25) is 0 Å². The quantitative estimate of drug-likeness (QED) is 0.392. The van der Waals surface area contributed by atoms with Crippen LogP contribution in [-0.4, -0.2) is 10.2 Å². The van der Waals surface area contributed by atoms with Crippen LogP contribution < -0.4 is 0 Å². The molecule has 0 saturated carbocycles. The van der Waals surface area contributed by atoms with Crippen molar-refractivity contribution in [3.8, 4) is 33.8 Å². The fourth-order valence-corrected chi connectivity index (χ4v) is 3.79. The minimum atomic E-state index is 0.284. The van der Waals surface area contributed by atoms with E-state index in [2.05, 4.69) is 55.5 Å². The molecule has 0 aliphatic heterocycles. The van der Waals surface area contributed by atoms with Crippen molar-refractivity contribution in [2.75, 3.05) is 0 Å². The molecule has 2 heteroatoms. The lowest BCUT2D eigenvalue weighted by atomic mass is 9.87. The Hall–Kier alpha value is -3.52. The van der Waals surface area contributed by atoms with Gasteiger partial charge in [0.15, 0.2) is 0 Å². The van der Waals surface area contributed by atoms with Crippen molar-refractivity contribution >= 4 is 0 Å². The molecule has 0 atom stereocenters. The molecule has 4 aromatic rings. The topological polar surface area (TPSA) is 40.5 Å². The van der Waals surface area contributed by atoms with Crippen LogP contribution in [0.5, 0.6) is 11.5 Å². The highest BCUT2D eigenvalue weighted by molar-refractivity contribution is 5.66. The molecule has 29 heavy (non-hydrogen) atoms. The molecule has 0 heterocycles. The van der Waals surface area contributed by atoms with Crippen LogP contribution in [0.15, 0.2) is 97.1 Å². The van der Waals surface area contributed by atoms with Crippen molar-refractivity contribution in [1.29, 1.82) is 0 Å². The molecule has 0 aliphatic rings. The summed E-state index contributed by atoms with van der Waals surface area (Å²) in [5.74, 6) is 0.914. The summed E-state index contributed by atoms with van der Waals surface area (Å²) in [5, 5.41) is 18.9. The first-order chi connectivity index (χ1) is 14.1. The van der Waals surface area contributed by atoms with Crippen molar-refractivity contribution in [2.24, 2.45) is 0 Å². The number of phenolic OH excluding ortho intramolecular Hbond substituents is 2. The summed E-state index contributed by atoms with van der Waals surface area (Å²) in [6.45, 7) is 2.21. The van der Waals surface area contributed by atoms with E-state index in [0.717, 1.165) is 28.7 Å². The number of benzene rings is 4. The van der Waals surface area contributed by atoms with Gasteiger partial charge in [0.25, 0.3) is 0 Å². The van der Waals surface area contributed by atoms with Gasteiger partial charge in [-0.2, -0.15) is 0 Å². The summed E-state index contributed by atoms with van der Waals surface area (Å²) in [7, 11) is 0. The molecule has 2 N–H and O–H groups in total. The van der Waals surface area contributed by atoms with E-state index in [9.17, 15) is 10.2 Å². The Labute approximate surface area is 171 Å². The minimum Gasteiger partial charge on any atom is -0.508 e. The summed E-state index contributed by atoms with van der Waals surface area (Å²) >= 11 is 0. The Bertz CT molecular complexity index is 972. The molecule has 0 spiro atoms. The predicted octanol–water partition coefficient (Wildman–Crippen LogP) is 6.97. The van der Waals surface area contributed by atoms with E-state index in [-0.39, 0.29) is 11.5 Å². The predicted molar refractivity (Wildman–Crippen MR) is 119 cm³/mol. The Balaban J connectivity index is 1.56. The van der Waals surface area contributed by atoms with Gasteiger partial charge >= 0.3 is 0 Å². The van der Waals surface area contributed by atoms with E-state index in [0.29, 0.717) is 5.92 Å². The molecule has 0 bridgehead atoms. The lowest BCUT2D eigenvalue weighted by Gasteiger charge is -2.17. The summed E-state index contributed by atoms with van der Waals surface area (Å²) in [4.78, 5) is 0. The van der Waals surface area contributed by atoms with E-state index in [4.69, 9.17) is 0 Å². The second kappa shape index (κ2) is 8.24. The van der Waals surface area contributed by atoms with Gasteiger partial charge < -0.3 is 10.2 Å². The van der Waals surface area contributed by atoms with Gasteiger partial charge in [0.1, 0.15) is 11.5 Å². The smallest absolute Gasteiger partial charge is 0.115 e. The van der Waals surface area contributed by atoms with Crippen LogP contribution in [-0.2, 0) is 0 Å². The number of hydrogen-bond acceptors (Lipinski definition) is 2. The molecule has 0 aliphatic carbocycles. The molecule has 2 nitrogen and oxygen atoms in total. The Morgan fingerprint density at radius 1 is 0.483 bits per heavy atom. The maximum Gasteiger partial charge on any atom is 0.115 e. The van der Waals surface area contributed by atoms with Crippen LogP contribution in [0.3, 0.4) is 0 Å². The zero-order chi connectivity index (χ0) is 20.2. The summed E-state index contributed by atoms with van der Waals surface area (Å²) in [5.41, 5.74) is 7.08. The first kappa shape index (κ1) is 18.8. The van der Waals surface area contributed by atoms with Gasteiger partial charge in [-0.1, -0.05) is 79.7 Å². The van der Waals surface area contributed by atoms with Gasteiger partial charge in [0.2, 0.25) is 0 Å². The van der Waals surface area contributed by atoms with Crippen molar-refractivity contribution in [2.45, 2.75) is 19.3 Å². The second-order valence-electron chi connectivity index (χ2n) is 7.30. The molecule has 0 aromatic heterocycles. The van der Waals surface area contributed by atoms with Crippen LogP contribution >= 0.6 is 0 Å². The molecular weight excluding hydrogens is 356 g/mol. The lowest BCUT2D eigenvalue weighted by Crippen LogP contribution is -1.99. The van der Waals surface area contributed by atoms with Crippen molar-refractivity contribution in [3.05, 3.63) is 108 Å². The van der Waals surface area contributed by atoms with Gasteiger partial charge in [-0.3, -0.25) is 0 Å². The molecule has 4 aromatic carbocycles. The summed E-state index contributed by atoms with van der Waals surface area (Å²) < 4.78 is 0. The molecule has 0 radical (unpaired) electrons. The SMILES string of the molecule is CCC(c1ccc(-c2ccc(O)cc2)cc1)c1ccc(-c2ccc(O)cc2)cc1. The lowest BCUT2D eigenvalue weighted by molar-refractivity contribution is 0.475. The van der Waals surface area contributed by atoms with Crippen molar-refractivity contribution in [1.82, 2.24) is 0 Å². The number of aromatic hydroxyl groups is 2. The van der Waals surface area contributed by atoms with E-state index in [1.807, 2.05) is 24.3 Å².